The Balaban J connectivity index is 1.07. The molecule has 0 spiro atoms. The van der Waals surface area contributed by atoms with Crippen molar-refractivity contribution < 1.29 is 41.5 Å². The van der Waals surface area contributed by atoms with Crippen molar-refractivity contribution in [1.29, 1.82) is 0 Å². The van der Waals surface area contributed by atoms with Crippen LogP contribution in [-0.2, 0) is 22.8 Å². The van der Waals surface area contributed by atoms with Gasteiger partial charge in [0.05, 0.1) is 39.9 Å². The van der Waals surface area contributed by atoms with Crippen LogP contribution in [-0.4, -0.2) is 108 Å². The van der Waals surface area contributed by atoms with Gasteiger partial charge in [-0.1, -0.05) is 11.6 Å². The molecule has 15 nitrogen and oxygen atoms in total. The second-order valence-electron chi connectivity index (χ2n) is 14.4. The summed E-state index contributed by atoms with van der Waals surface area (Å²) in [7, 11) is 1.33. The van der Waals surface area contributed by atoms with Crippen LogP contribution in [0.1, 0.15) is 60.3 Å². The minimum atomic E-state index is -4.96. The van der Waals surface area contributed by atoms with E-state index in [9.17, 15) is 36.7 Å². The molecule has 2 fully saturated rings. The normalized spacial score (nSPS) is 15.6. The molecular weight excluding hydrogens is 764 g/mol. The Morgan fingerprint density at radius 1 is 0.929 bits per heavy atom. The number of pyridine rings is 1. The van der Waals surface area contributed by atoms with Crippen LogP contribution in [0, 0.1) is 11.7 Å². The number of nitrogen functional groups attached to an aromatic ring is 1. The number of nitrogens with one attached hydrogen (secondary N) is 1. The van der Waals surface area contributed by atoms with Crippen molar-refractivity contribution in [3.05, 3.63) is 70.8 Å². The quantitative estimate of drug-likeness (QED) is 0.247. The molecule has 0 unspecified atom stereocenters. The number of benzene rings is 1. The van der Waals surface area contributed by atoms with E-state index >= 15 is 0 Å². The lowest BCUT2D eigenvalue weighted by atomic mass is 9.95. The van der Waals surface area contributed by atoms with Gasteiger partial charge in [-0.25, -0.2) is 23.8 Å². The maximum atomic E-state index is 14.5. The molecule has 0 radical (unpaired) electrons. The van der Waals surface area contributed by atoms with Gasteiger partial charge in [0, 0.05) is 70.2 Å². The highest BCUT2D eigenvalue weighted by molar-refractivity contribution is 6.34. The number of ether oxygens (including phenoxy) is 1. The minimum absolute atomic E-state index is 0.0133. The molecule has 0 atom stereocenters. The molecule has 3 N–H and O–H groups in total. The molecule has 298 valence electrons. The van der Waals surface area contributed by atoms with E-state index in [-0.39, 0.29) is 64.3 Å². The van der Waals surface area contributed by atoms with Gasteiger partial charge in [0.15, 0.2) is 23.2 Å². The summed E-state index contributed by atoms with van der Waals surface area (Å²) in [5, 5.41) is 6.15. The van der Waals surface area contributed by atoms with E-state index in [1.807, 2.05) is 0 Å². The van der Waals surface area contributed by atoms with Crippen molar-refractivity contribution in [2.75, 3.05) is 50.3 Å². The maximum absolute atomic E-state index is 14.5. The number of carbonyl (C=O) groups excluding carboxylic acids is 4. The lowest BCUT2D eigenvalue weighted by Gasteiger charge is -2.38. The summed E-state index contributed by atoms with van der Waals surface area (Å²) in [6.45, 7) is 7.45. The molecule has 0 aliphatic carbocycles. The third-order valence-electron chi connectivity index (χ3n) is 9.34. The number of hydrogen-bond acceptors (Lipinski definition) is 9. The van der Waals surface area contributed by atoms with Gasteiger partial charge in [0.2, 0.25) is 5.91 Å². The van der Waals surface area contributed by atoms with Crippen LogP contribution >= 0.6 is 11.6 Å². The molecular formula is C36H39ClF4N10O5. The number of nitrogens with two attached hydrogens (primary N) is 1. The van der Waals surface area contributed by atoms with E-state index in [0.717, 1.165) is 29.2 Å². The molecule has 20 heteroatoms. The number of aromatic nitrogens is 5. The molecule has 3 aromatic heterocycles. The molecule has 4 amide bonds. The Morgan fingerprint density at radius 3 is 2.20 bits per heavy atom. The first kappa shape index (κ1) is 40.0. The first-order chi connectivity index (χ1) is 26.3. The fourth-order valence-electron chi connectivity index (χ4n) is 6.51. The van der Waals surface area contributed by atoms with Crippen molar-refractivity contribution in [2.24, 2.45) is 13.0 Å². The number of nitrogens with zero attached hydrogens (tertiary/aromatic N) is 8. The van der Waals surface area contributed by atoms with Gasteiger partial charge in [0.25, 0.3) is 11.8 Å². The van der Waals surface area contributed by atoms with E-state index in [1.54, 1.807) is 35.5 Å². The SMILES string of the molecule is Cn1c(-c2cn(-c3ncc(N)cc3F)nc2C(F)(F)F)cnc1C(=O)Nc1ccc(C(=O)N2CCN(C(=O)C3CCN(C(=O)OC(C)(C)C)CC3)CC2)c(Cl)c1. The highest BCUT2D eigenvalue weighted by atomic mass is 35.5. The predicted octanol–water partition coefficient (Wildman–Crippen LogP) is 5.25. The monoisotopic (exact) mass is 802 g/mol. The van der Waals surface area contributed by atoms with Gasteiger partial charge < -0.3 is 35.1 Å². The van der Waals surface area contributed by atoms with E-state index in [0.29, 0.717) is 43.7 Å². The number of alkyl halides is 3. The van der Waals surface area contributed by atoms with E-state index in [2.05, 4.69) is 20.4 Å². The Hall–Kier alpha value is -5.72. The molecule has 0 saturated carbocycles. The van der Waals surface area contributed by atoms with Crippen LogP contribution in [0.5, 0.6) is 0 Å². The number of imidazole rings is 1. The van der Waals surface area contributed by atoms with Gasteiger partial charge >= 0.3 is 12.3 Å². The molecule has 2 aliphatic rings. The first-order valence-corrected chi connectivity index (χ1v) is 18.0. The molecule has 4 aromatic rings. The number of rotatable bonds is 6. The summed E-state index contributed by atoms with van der Waals surface area (Å²) < 4.78 is 63.9. The van der Waals surface area contributed by atoms with Crippen molar-refractivity contribution in [2.45, 2.75) is 45.4 Å². The van der Waals surface area contributed by atoms with Crippen LogP contribution in [0.3, 0.4) is 0 Å². The lowest BCUT2D eigenvalue weighted by molar-refractivity contribution is -0.141. The summed E-state index contributed by atoms with van der Waals surface area (Å²) in [4.78, 5) is 65.1. The summed E-state index contributed by atoms with van der Waals surface area (Å²) in [5.74, 6) is -3.18. The molecule has 0 bridgehead atoms. The smallest absolute Gasteiger partial charge is 0.435 e. The highest BCUT2D eigenvalue weighted by Gasteiger charge is 2.39. The van der Waals surface area contributed by atoms with Crippen molar-refractivity contribution in [3.63, 3.8) is 0 Å². The number of anilines is 2. The third-order valence-corrected chi connectivity index (χ3v) is 9.65. The van der Waals surface area contributed by atoms with E-state index < -0.39 is 46.7 Å². The Labute approximate surface area is 323 Å². The number of piperidine rings is 1. The van der Waals surface area contributed by atoms with Crippen LogP contribution < -0.4 is 11.1 Å². The number of piperazine rings is 1. The van der Waals surface area contributed by atoms with Gasteiger partial charge in [-0.15, -0.1) is 0 Å². The Bertz CT molecular complexity index is 2170. The Morgan fingerprint density at radius 2 is 1.59 bits per heavy atom. The third kappa shape index (κ3) is 8.56. The summed E-state index contributed by atoms with van der Waals surface area (Å²) in [6.07, 6.45) is -1.26. The Kier molecular flexibility index (Phi) is 11.0. The van der Waals surface area contributed by atoms with E-state index in [4.69, 9.17) is 22.1 Å². The van der Waals surface area contributed by atoms with Crippen LogP contribution in [0.4, 0.5) is 33.7 Å². The minimum Gasteiger partial charge on any atom is -0.444 e. The van der Waals surface area contributed by atoms with Crippen LogP contribution in [0.2, 0.25) is 5.02 Å². The van der Waals surface area contributed by atoms with Crippen LogP contribution in [0.25, 0.3) is 17.1 Å². The summed E-state index contributed by atoms with van der Waals surface area (Å²) in [6, 6.07) is 5.14. The highest BCUT2D eigenvalue weighted by Crippen LogP contribution is 2.37. The molecule has 1 aromatic carbocycles. The molecule has 56 heavy (non-hydrogen) atoms. The summed E-state index contributed by atoms with van der Waals surface area (Å²) >= 11 is 6.50. The molecule has 2 saturated heterocycles. The largest absolute Gasteiger partial charge is 0.444 e. The predicted molar refractivity (Wildman–Crippen MR) is 195 cm³/mol. The van der Waals surface area contributed by atoms with Crippen molar-refractivity contribution in [1.82, 2.24) is 39.0 Å². The van der Waals surface area contributed by atoms with Gasteiger partial charge in [0.1, 0.15) is 5.60 Å². The van der Waals surface area contributed by atoms with E-state index in [1.165, 1.54) is 25.2 Å². The molecule has 2 aliphatic heterocycles. The fourth-order valence-corrected chi connectivity index (χ4v) is 6.77. The zero-order valence-corrected chi connectivity index (χ0v) is 31.6. The average molecular weight is 803 g/mol. The second kappa shape index (κ2) is 15.4. The zero-order chi connectivity index (χ0) is 40.7. The summed E-state index contributed by atoms with van der Waals surface area (Å²) in [5.41, 5.74) is 3.24. The average Bonchev–Trinajstić information content (AvgIpc) is 3.74. The van der Waals surface area contributed by atoms with Gasteiger partial charge in [-0.3, -0.25) is 14.4 Å². The van der Waals surface area contributed by atoms with Crippen molar-refractivity contribution >= 4 is 46.8 Å². The number of amides is 4. The number of halogens is 5. The lowest BCUT2D eigenvalue weighted by Crippen LogP contribution is -2.53. The topological polar surface area (TPSA) is 174 Å². The number of hydrogen-bond donors (Lipinski definition) is 2. The zero-order valence-electron chi connectivity index (χ0n) is 30.9. The second-order valence-corrected chi connectivity index (χ2v) is 14.8. The standard InChI is InChI=1S/C36H39ClF4N10O5/c1-35(2,3)56-34(55)50-9-7-20(8-10-50)32(53)48-11-13-49(14-12-48)33(54)23-6-5-22(16-25(23)37)45-31(52)30-44-18-27(47(30)4)24-19-51(46-28(24)36(39,40)41)29-26(38)15-21(42)17-43-29/h5-6,15-20H,7-14,42H2,1-4H3,(H,45,52). The van der Waals surface area contributed by atoms with Crippen LogP contribution in [0.15, 0.2) is 42.9 Å². The number of likely N-dealkylation sites (tertiary alicyclic amines) is 1. The fraction of sp³-hybridized carbons (Fsp3) is 0.417. The molecule has 5 heterocycles. The van der Waals surface area contributed by atoms with Gasteiger partial charge in [-0.05, 0) is 51.8 Å². The molecule has 6 rings (SSSR count). The first-order valence-electron chi connectivity index (χ1n) is 17.6. The van der Waals surface area contributed by atoms with Gasteiger partial charge in [-0.2, -0.15) is 18.3 Å². The number of carbonyl (C=O) groups is 4. The van der Waals surface area contributed by atoms with Crippen molar-refractivity contribution in [3.8, 4) is 17.1 Å². The maximum Gasteiger partial charge on any atom is 0.435 e.